The Kier molecular flexibility index (Phi) is 6.43. The first kappa shape index (κ1) is 21.6. The zero-order valence-electron chi connectivity index (χ0n) is 18.2. The summed E-state index contributed by atoms with van der Waals surface area (Å²) in [6.45, 7) is 7.07. The number of nitrogens with zero attached hydrogens (tertiary/aromatic N) is 3. The first-order valence-corrected chi connectivity index (χ1v) is 12.0. The molecule has 1 aliphatic rings. The van der Waals surface area contributed by atoms with Crippen molar-refractivity contribution >= 4 is 34.7 Å². The predicted molar refractivity (Wildman–Crippen MR) is 131 cm³/mol. The summed E-state index contributed by atoms with van der Waals surface area (Å²) in [6, 6.07) is 16.6. The highest BCUT2D eigenvalue weighted by atomic mass is 32.2. The van der Waals surface area contributed by atoms with Crippen LogP contribution in [0.1, 0.15) is 43.8 Å². The van der Waals surface area contributed by atoms with E-state index >= 15 is 0 Å². The number of hydrogen-bond donors (Lipinski definition) is 1. The lowest BCUT2D eigenvalue weighted by Crippen LogP contribution is -2.45. The second kappa shape index (κ2) is 9.24. The summed E-state index contributed by atoms with van der Waals surface area (Å²) in [5.41, 5.74) is 5.34. The maximum atomic E-state index is 5.78. The highest BCUT2D eigenvalue weighted by molar-refractivity contribution is 7.98. The second-order valence-corrected chi connectivity index (χ2v) is 8.64. The van der Waals surface area contributed by atoms with Crippen LogP contribution < -0.4 is 5.32 Å². The van der Waals surface area contributed by atoms with Crippen molar-refractivity contribution in [1.82, 2.24) is 20.4 Å². The zero-order valence-corrected chi connectivity index (χ0v) is 19.8. The molecule has 0 spiro atoms. The molecule has 5 nitrogen and oxygen atoms in total. The van der Waals surface area contributed by atoms with Gasteiger partial charge in [-0.25, -0.2) is 0 Å². The Bertz CT molecular complexity index is 1100. The number of allylic oxidation sites excluding steroid dienone is 1. The molecule has 0 radical (unpaired) electrons. The van der Waals surface area contributed by atoms with Crippen molar-refractivity contribution in [2.45, 2.75) is 38.1 Å². The van der Waals surface area contributed by atoms with Crippen LogP contribution in [0.4, 0.5) is 0 Å². The number of hydrogen-bond acceptors (Lipinski definition) is 5. The highest BCUT2D eigenvalue weighted by Crippen LogP contribution is 2.37. The maximum absolute atomic E-state index is 5.78. The molecule has 0 fully saturated rings. The van der Waals surface area contributed by atoms with Crippen molar-refractivity contribution in [3.05, 3.63) is 71.2 Å². The largest absolute Gasteiger partial charge is 0.351 e. The second-order valence-electron chi connectivity index (χ2n) is 7.37. The molecule has 0 saturated heterocycles. The van der Waals surface area contributed by atoms with Crippen molar-refractivity contribution in [3.63, 3.8) is 0 Å². The number of thiocarbonyl (C=S) groups is 1. The molecule has 160 valence electrons. The van der Waals surface area contributed by atoms with Crippen LogP contribution in [0, 0.1) is 0 Å². The third-order valence-corrected chi connectivity index (χ3v) is 6.72. The van der Waals surface area contributed by atoms with Crippen LogP contribution in [0.3, 0.4) is 0 Å². The summed E-state index contributed by atoms with van der Waals surface area (Å²) in [5, 5.41) is 8.46. The van der Waals surface area contributed by atoms with Crippen LogP contribution in [-0.2, 0) is 6.42 Å². The lowest BCUT2D eigenvalue weighted by Gasteiger charge is -2.36. The fourth-order valence-electron chi connectivity index (χ4n) is 3.83. The number of thioether (sulfide) groups is 1. The molecule has 1 unspecified atom stereocenters. The number of aryl methyl sites for hydroxylation is 1. The molecule has 1 atom stereocenters. The van der Waals surface area contributed by atoms with Gasteiger partial charge in [-0.05, 0) is 74.1 Å². The third kappa shape index (κ3) is 4.25. The van der Waals surface area contributed by atoms with E-state index in [4.69, 9.17) is 21.7 Å². The Morgan fingerprint density at radius 1 is 1.10 bits per heavy atom. The average Bonchev–Trinajstić information content (AvgIpc) is 3.29. The smallest absolute Gasteiger partial charge is 0.258 e. The van der Waals surface area contributed by atoms with Crippen LogP contribution in [0.15, 0.2) is 63.6 Å². The molecule has 4 rings (SSSR count). The van der Waals surface area contributed by atoms with Crippen LogP contribution in [-0.4, -0.2) is 33.0 Å². The predicted octanol–water partition coefficient (Wildman–Crippen LogP) is 5.70. The lowest BCUT2D eigenvalue weighted by atomic mass is 9.94. The van der Waals surface area contributed by atoms with Crippen molar-refractivity contribution in [2.24, 2.45) is 0 Å². The molecular formula is C24H26N4OS2. The first-order chi connectivity index (χ1) is 15.0. The van der Waals surface area contributed by atoms with E-state index < -0.39 is 0 Å². The van der Waals surface area contributed by atoms with E-state index in [9.17, 15) is 0 Å². The summed E-state index contributed by atoms with van der Waals surface area (Å²) >= 11 is 7.36. The zero-order chi connectivity index (χ0) is 22.0. The molecule has 0 bridgehead atoms. The standard InChI is InChI=1S/C24H26N4OS2/c1-5-16-7-9-17(10-8-16)21-20(15(3)28(6-2)24(30)25-21)23-26-22(27-29-23)18-11-13-19(31-4)14-12-18/h7-14,21H,5-6H2,1-4H3,(H,25,30). The summed E-state index contributed by atoms with van der Waals surface area (Å²) < 4.78 is 5.78. The monoisotopic (exact) mass is 450 g/mol. The Balaban J connectivity index is 1.76. The highest BCUT2D eigenvalue weighted by Gasteiger charge is 2.33. The minimum absolute atomic E-state index is 0.145. The van der Waals surface area contributed by atoms with Crippen LogP contribution in [0.2, 0.25) is 0 Å². The molecule has 0 saturated carbocycles. The fourth-order valence-corrected chi connectivity index (χ4v) is 4.62. The Hall–Kier alpha value is -2.64. The van der Waals surface area contributed by atoms with Gasteiger partial charge in [0.25, 0.3) is 5.89 Å². The molecule has 2 heterocycles. The molecule has 2 aromatic carbocycles. The van der Waals surface area contributed by atoms with Crippen LogP contribution in [0.25, 0.3) is 17.0 Å². The molecule has 3 aromatic rings. The fraction of sp³-hybridized carbons (Fsp3) is 0.292. The van der Waals surface area contributed by atoms with E-state index in [0.717, 1.165) is 35.4 Å². The minimum Gasteiger partial charge on any atom is -0.351 e. The van der Waals surface area contributed by atoms with E-state index in [1.807, 2.05) is 12.1 Å². The quantitative estimate of drug-likeness (QED) is 0.382. The minimum atomic E-state index is -0.145. The van der Waals surface area contributed by atoms with Gasteiger partial charge in [-0.15, -0.1) is 11.8 Å². The topological polar surface area (TPSA) is 54.2 Å². The molecule has 0 aliphatic carbocycles. The van der Waals surface area contributed by atoms with E-state index in [1.165, 1.54) is 10.5 Å². The van der Waals surface area contributed by atoms with Gasteiger partial charge in [0.2, 0.25) is 5.82 Å². The maximum Gasteiger partial charge on any atom is 0.258 e. The van der Waals surface area contributed by atoms with Crippen molar-refractivity contribution in [2.75, 3.05) is 12.8 Å². The van der Waals surface area contributed by atoms with Gasteiger partial charge in [0.15, 0.2) is 5.11 Å². The lowest BCUT2D eigenvalue weighted by molar-refractivity contribution is 0.398. The van der Waals surface area contributed by atoms with E-state index in [1.54, 1.807) is 11.8 Å². The van der Waals surface area contributed by atoms with E-state index in [-0.39, 0.29) is 6.04 Å². The first-order valence-electron chi connectivity index (χ1n) is 10.4. The number of benzene rings is 2. The molecule has 1 N–H and O–H groups in total. The van der Waals surface area contributed by atoms with Gasteiger partial charge in [-0.3, -0.25) is 0 Å². The van der Waals surface area contributed by atoms with E-state index in [0.29, 0.717) is 16.8 Å². The van der Waals surface area contributed by atoms with Crippen molar-refractivity contribution in [1.29, 1.82) is 0 Å². The number of nitrogens with one attached hydrogen (secondary N) is 1. The third-order valence-electron chi connectivity index (χ3n) is 5.64. The summed E-state index contributed by atoms with van der Waals surface area (Å²) in [4.78, 5) is 8.03. The molecular weight excluding hydrogens is 424 g/mol. The van der Waals surface area contributed by atoms with Gasteiger partial charge >= 0.3 is 0 Å². The molecule has 1 aliphatic heterocycles. The van der Waals surface area contributed by atoms with Gasteiger partial charge in [-0.2, -0.15) is 4.98 Å². The summed E-state index contributed by atoms with van der Waals surface area (Å²) in [5.74, 6) is 1.10. The Labute approximate surface area is 192 Å². The Morgan fingerprint density at radius 3 is 2.42 bits per heavy atom. The van der Waals surface area contributed by atoms with Gasteiger partial charge in [0.1, 0.15) is 0 Å². The van der Waals surface area contributed by atoms with E-state index in [2.05, 4.69) is 78.8 Å². The molecule has 0 amide bonds. The van der Waals surface area contributed by atoms with Gasteiger partial charge in [-0.1, -0.05) is 36.3 Å². The van der Waals surface area contributed by atoms with Crippen LogP contribution >= 0.6 is 24.0 Å². The van der Waals surface area contributed by atoms with Gasteiger partial charge in [0, 0.05) is 22.7 Å². The number of aromatic nitrogens is 2. The summed E-state index contributed by atoms with van der Waals surface area (Å²) in [7, 11) is 0. The average molecular weight is 451 g/mol. The molecule has 1 aromatic heterocycles. The SMILES string of the molecule is CCc1ccc(C2NC(=S)N(CC)C(C)=C2c2nc(-c3ccc(SC)cc3)no2)cc1. The van der Waals surface area contributed by atoms with Crippen LogP contribution in [0.5, 0.6) is 0 Å². The van der Waals surface area contributed by atoms with Crippen molar-refractivity contribution in [3.8, 4) is 11.4 Å². The van der Waals surface area contributed by atoms with Gasteiger partial charge < -0.3 is 14.7 Å². The Morgan fingerprint density at radius 2 is 1.81 bits per heavy atom. The van der Waals surface area contributed by atoms with Gasteiger partial charge in [0.05, 0.1) is 11.6 Å². The number of rotatable bonds is 6. The molecule has 31 heavy (non-hydrogen) atoms. The molecule has 7 heteroatoms. The normalized spacial score (nSPS) is 16.6. The van der Waals surface area contributed by atoms with Crippen molar-refractivity contribution < 1.29 is 4.52 Å². The summed E-state index contributed by atoms with van der Waals surface area (Å²) in [6.07, 6.45) is 3.06.